The standard InChI is InChI=1S/C26H32N4O3/c1-19-4-7-22(8-5-19)33-18-26(32)27-21-6-9-24-23(17-21)20(2)16-25(28-24)30-11-3-10-29(12-13-30)14-15-31/h4-9,16-17,31H,3,10-15,18H2,1-2H3,(H,27,32). The van der Waals surface area contributed by atoms with Crippen LogP contribution in [-0.4, -0.2) is 66.8 Å². The minimum absolute atomic E-state index is 0.0421. The molecule has 33 heavy (non-hydrogen) atoms. The van der Waals surface area contributed by atoms with Crippen LogP contribution in [0.2, 0.25) is 0 Å². The zero-order chi connectivity index (χ0) is 23.2. The molecule has 7 heteroatoms. The van der Waals surface area contributed by atoms with E-state index in [1.165, 1.54) is 0 Å². The maximum Gasteiger partial charge on any atom is 0.262 e. The van der Waals surface area contributed by atoms with Gasteiger partial charge in [0.05, 0.1) is 12.1 Å². The molecule has 1 aliphatic heterocycles. The first-order valence-electron chi connectivity index (χ1n) is 11.5. The van der Waals surface area contributed by atoms with Crippen LogP contribution in [0.4, 0.5) is 11.5 Å². The largest absolute Gasteiger partial charge is 0.484 e. The molecule has 0 unspecified atom stereocenters. The van der Waals surface area contributed by atoms with Gasteiger partial charge in [-0.25, -0.2) is 4.98 Å². The first kappa shape index (κ1) is 23.0. The van der Waals surface area contributed by atoms with Gasteiger partial charge in [0, 0.05) is 37.3 Å². The number of carbonyl (C=O) groups excluding carboxylic acids is 1. The summed E-state index contributed by atoms with van der Waals surface area (Å²) >= 11 is 0. The van der Waals surface area contributed by atoms with Gasteiger partial charge in [-0.15, -0.1) is 0 Å². The topological polar surface area (TPSA) is 77.9 Å². The van der Waals surface area contributed by atoms with Gasteiger partial charge in [0.2, 0.25) is 0 Å². The van der Waals surface area contributed by atoms with Crippen molar-refractivity contribution in [1.82, 2.24) is 9.88 Å². The number of aliphatic hydroxyl groups excluding tert-OH is 1. The van der Waals surface area contributed by atoms with E-state index < -0.39 is 0 Å². The molecule has 4 rings (SSSR count). The number of benzene rings is 2. The summed E-state index contributed by atoms with van der Waals surface area (Å²) in [6.45, 7) is 8.75. The number of hydrogen-bond donors (Lipinski definition) is 2. The zero-order valence-electron chi connectivity index (χ0n) is 19.4. The van der Waals surface area contributed by atoms with Gasteiger partial charge < -0.3 is 20.1 Å². The van der Waals surface area contributed by atoms with E-state index in [-0.39, 0.29) is 19.1 Å². The first-order chi connectivity index (χ1) is 16.0. The number of amides is 1. The predicted molar refractivity (Wildman–Crippen MR) is 132 cm³/mol. The van der Waals surface area contributed by atoms with Crippen LogP contribution in [0.3, 0.4) is 0 Å². The van der Waals surface area contributed by atoms with Crippen molar-refractivity contribution in [2.75, 3.05) is 56.2 Å². The smallest absolute Gasteiger partial charge is 0.262 e. The molecule has 3 aromatic rings. The Kier molecular flexibility index (Phi) is 7.42. The molecule has 7 nitrogen and oxygen atoms in total. The minimum atomic E-state index is -0.200. The lowest BCUT2D eigenvalue weighted by Gasteiger charge is -2.23. The van der Waals surface area contributed by atoms with Crippen LogP contribution >= 0.6 is 0 Å². The van der Waals surface area contributed by atoms with Crippen LogP contribution in [0, 0.1) is 13.8 Å². The maximum atomic E-state index is 12.4. The van der Waals surface area contributed by atoms with E-state index in [1.807, 2.05) is 49.4 Å². The number of aromatic nitrogens is 1. The molecule has 1 aromatic heterocycles. The summed E-state index contributed by atoms with van der Waals surface area (Å²) < 4.78 is 5.57. The molecule has 0 spiro atoms. The molecule has 2 N–H and O–H groups in total. The Balaban J connectivity index is 1.42. The van der Waals surface area contributed by atoms with Gasteiger partial charge in [-0.05, 0) is 68.8 Å². The normalized spacial score (nSPS) is 14.8. The van der Waals surface area contributed by atoms with E-state index >= 15 is 0 Å². The molecule has 0 saturated carbocycles. The summed E-state index contributed by atoms with van der Waals surface area (Å²) in [4.78, 5) is 21.9. The fourth-order valence-corrected chi connectivity index (χ4v) is 4.16. The van der Waals surface area contributed by atoms with Gasteiger partial charge in [0.25, 0.3) is 5.91 Å². The fraction of sp³-hybridized carbons (Fsp3) is 0.385. The number of rotatable bonds is 7. The number of ether oxygens (including phenoxy) is 1. The van der Waals surface area contributed by atoms with E-state index in [0.29, 0.717) is 5.75 Å². The molecule has 0 aliphatic carbocycles. The van der Waals surface area contributed by atoms with E-state index in [1.54, 1.807) is 0 Å². The summed E-state index contributed by atoms with van der Waals surface area (Å²) in [6, 6.07) is 15.6. The molecule has 1 aliphatic rings. The van der Waals surface area contributed by atoms with Crippen molar-refractivity contribution in [3.05, 3.63) is 59.7 Å². The molecule has 1 saturated heterocycles. The van der Waals surface area contributed by atoms with Gasteiger partial charge in [0.15, 0.2) is 6.61 Å². The third-order valence-electron chi connectivity index (χ3n) is 6.01. The zero-order valence-corrected chi connectivity index (χ0v) is 19.4. The highest BCUT2D eigenvalue weighted by molar-refractivity contribution is 5.95. The summed E-state index contributed by atoms with van der Waals surface area (Å²) in [5.41, 5.74) is 3.91. The van der Waals surface area contributed by atoms with Crippen LogP contribution in [-0.2, 0) is 4.79 Å². The van der Waals surface area contributed by atoms with Crippen LogP contribution in [0.5, 0.6) is 5.75 Å². The van der Waals surface area contributed by atoms with Gasteiger partial charge in [0.1, 0.15) is 11.6 Å². The predicted octanol–water partition coefficient (Wildman–Crippen LogP) is 3.37. The van der Waals surface area contributed by atoms with E-state index in [9.17, 15) is 9.90 Å². The van der Waals surface area contributed by atoms with Crippen LogP contribution in [0.15, 0.2) is 48.5 Å². The molecule has 1 fully saturated rings. The van der Waals surface area contributed by atoms with E-state index in [2.05, 4.69) is 28.1 Å². The SMILES string of the molecule is Cc1ccc(OCC(=O)Nc2ccc3nc(N4CCCN(CCO)CC4)cc(C)c3c2)cc1. The van der Waals surface area contributed by atoms with Crippen molar-refractivity contribution in [3.8, 4) is 5.75 Å². The molecule has 2 heterocycles. The maximum absolute atomic E-state index is 12.4. The molecule has 1 amide bonds. The molecular weight excluding hydrogens is 416 g/mol. The second-order valence-corrected chi connectivity index (χ2v) is 8.59. The second-order valence-electron chi connectivity index (χ2n) is 8.59. The number of fused-ring (bicyclic) bond motifs is 1. The van der Waals surface area contributed by atoms with Crippen LogP contribution in [0.1, 0.15) is 17.5 Å². The minimum Gasteiger partial charge on any atom is -0.484 e. The summed E-state index contributed by atoms with van der Waals surface area (Å²) in [5, 5.41) is 13.2. The highest BCUT2D eigenvalue weighted by Crippen LogP contribution is 2.26. The first-order valence-corrected chi connectivity index (χ1v) is 11.5. The average Bonchev–Trinajstić information content (AvgIpc) is 3.05. The average molecular weight is 449 g/mol. The Hall–Kier alpha value is -3.16. The number of aliphatic hydroxyl groups is 1. The second kappa shape index (κ2) is 10.6. The molecular formula is C26H32N4O3. The van der Waals surface area contributed by atoms with Gasteiger partial charge >= 0.3 is 0 Å². The van der Waals surface area contributed by atoms with Crippen molar-refractivity contribution in [1.29, 1.82) is 0 Å². The summed E-state index contributed by atoms with van der Waals surface area (Å²) in [5.74, 6) is 1.46. The van der Waals surface area contributed by atoms with Crippen LogP contribution < -0.4 is 15.0 Å². The van der Waals surface area contributed by atoms with Crippen molar-refractivity contribution in [2.24, 2.45) is 0 Å². The highest BCUT2D eigenvalue weighted by atomic mass is 16.5. The van der Waals surface area contributed by atoms with Gasteiger partial charge in [-0.2, -0.15) is 0 Å². The van der Waals surface area contributed by atoms with E-state index in [4.69, 9.17) is 9.72 Å². The number of carbonyl (C=O) groups is 1. The Bertz CT molecular complexity index is 1100. The number of β-amino-alcohol motifs (C(OH)–C–C–N with tert-alkyl or cyclic N) is 1. The quantitative estimate of drug-likeness (QED) is 0.577. The highest BCUT2D eigenvalue weighted by Gasteiger charge is 2.17. The molecule has 0 atom stereocenters. The fourth-order valence-electron chi connectivity index (χ4n) is 4.16. The van der Waals surface area contributed by atoms with Crippen molar-refractivity contribution in [2.45, 2.75) is 20.3 Å². The lowest BCUT2D eigenvalue weighted by molar-refractivity contribution is -0.118. The molecule has 0 radical (unpaired) electrons. The monoisotopic (exact) mass is 448 g/mol. The summed E-state index contributed by atoms with van der Waals surface area (Å²) in [7, 11) is 0. The van der Waals surface area contributed by atoms with Crippen LogP contribution in [0.25, 0.3) is 10.9 Å². The third-order valence-corrected chi connectivity index (χ3v) is 6.01. The summed E-state index contributed by atoms with van der Waals surface area (Å²) in [6.07, 6.45) is 1.05. The number of pyridine rings is 1. The lowest BCUT2D eigenvalue weighted by atomic mass is 10.1. The molecule has 2 aromatic carbocycles. The number of aryl methyl sites for hydroxylation is 2. The van der Waals surface area contributed by atoms with Crippen molar-refractivity contribution < 1.29 is 14.6 Å². The third kappa shape index (κ3) is 6.00. The number of hydrogen-bond acceptors (Lipinski definition) is 6. The Morgan fingerprint density at radius 2 is 1.88 bits per heavy atom. The Labute approximate surface area is 195 Å². The Morgan fingerprint density at radius 3 is 2.67 bits per heavy atom. The number of nitrogens with zero attached hydrogens (tertiary/aromatic N) is 3. The van der Waals surface area contributed by atoms with Crippen molar-refractivity contribution in [3.63, 3.8) is 0 Å². The molecule has 0 bridgehead atoms. The molecule has 174 valence electrons. The number of anilines is 2. The Morgan fingerprint density at radius 1 is 1.06 bits per heavy atom. The lowest BCUT2D eigenvalue weighted by Crippen LogP contribution is -2.32. The van der Waals surface area contributed by atoms with Gasteiger partial charge in [-0.3, -0.25) is 9.69 Å². The van der Waals surface area contributed by atoms with Crippen molar-refractivity contribution >= 4 is 28.3 Å². The van der Waals surface area contributed by atoms with Gasteiger partial charge in [-0.1, -0.05) is 17.7 Å². The number of nitrogens with one attached hydrogen (secondary N) is 1. The van der Waals surface area contributed by atoms with E-state index in [0.717, 1.165) is 72.7 Å².